The number of benzene rings is 2. The third-order valence-electron chi connectivity index (χ3n) is 3.78. The molecule has 2 aromatic carbocycles. The molecule has 0 radical (unpaired) electrons. The first-order valence-corrected chi connectivity index (χ1v) is 6.74. The standard InChI is InChI=1S/C17H19NO/c1-12-6-7-13-8-9-18-17(16(13)10-12)14-4-3-5-15(11-14)19-2/h3-7,10-11,17-18H,8-9H2,1-2H3. The van der Waals surface area contributed by atoms with Crippen LogP contribution >= 0.6 is 0 Å². The molecule has 0 saturated carbocycles. The van der Waals surface area contributed by atoms with Crippen LogP contribution in [0, 0.1) is 6.92 Å². The molecule has 0 bridgehead atoms. The van der Waals surface area contributed by atoms with Gasteiger partial charge in [-0.3, -0.25) is 0 Å². The minimum absolute atomic E-state index is 0.277. The molecular weight excluding hydrogens is 234 g/mol. The average molecular weight is 253 g/mol. The molecule has 19 heavy (non-hydrogen) atoms. The van der Waals surface area contributed by atoms with E-state index < -0.39 is 0 Å². The van der Waals surface area contributed by atoms with Crippen molar-refractivity contribution in [3.63, 3.8) is 0 Å². The number of fused-ring (bicyclic) bond motifs is 1. The van der Waals surface area contributed by atoms with Crippen LogP contribution in [0.25, 0.3) is 0 Å². The van der Waals surface area contributed by atoms with Crippen LogP contribution in [0.2, 0.25) is 0 Å². The highest BCUT2D eigenvalue weighted by Crippen LogP contribution is 2.30. The lowest BCUT2D eigenvalue weighted by molar-refractivity contribution is 0.413. The molecule has 1 heterocycles. The number of nitrogens with one attached hydrogen (secondary N) is 1. The van der Waals surface area contributed by atoms with Crippen molar-refractivity contribution in [2.24, 2.45) is 0 Å². The van der Waals surface area contributed by atoms with Crippen molar-refractivity contribution in [2.75, 3.05) is 13.7 Å². The Hall–Kier alpha value is -1.80. The van der Waals surface area contributed by atoms with Crippen LogP contribution in [0.4, 0.5) is 0 Å². The summed E-state index contributed by atoms with van der Waals surface area (Å²) in [5, 5.41) is 3.61. The van der Waals surface area contributed by atoms with E-state index in [2.05, 4.69) is 48.6 Å². The molecule has 0 fully saturated rings. The van der Waals surface area contributed by atoms with Crippen molar-refractivity contribution < 1.29 is 4.74 Å². The normalized spacial score (nSPS) is 17.9. The van der Waals surface area contributed by atoms with Crippen LogP contribution in [0.5, 0.6) is 5.75 Å². The molecular formula is C17H19NO. The van der Waals surface area contributed by atoms with Gasteiger partial charge in [0.25, 0.3) is 0 Å². The van der Waals surface area contributed by atoms with Gasteiger partial charge in [0.15, 0.2) is 0 Å². The fraction of sp³-hybridized carbons (Fsp3) is 0.294. The lowest BCUT2D eigenvalue weighted by atomic mass is 9.89. The molecule has 1 aliphatic heterocycles. The van der Waals surface area contributed by atoms with Gasteiger partial charge in [-0.15, -0.1) is 0 Å². The van der Waals surface area contributed by atoms with E-state index in [9.17, 15) is 0 Å². The summed E-state index contributed by atoms with van der Waals surface area (Å²) in [5.74, 6) is 0.916. The first-order chi connectivity index (χ1) is 9.28. The largest absolute Gasteiger partial charge is 0.497 e. The molecule has 1 unspecified atom stereocenters. The van der Waals surface area contributed by atoms with Gasteiger partial charge >= 0.3 is 0 Å². The zero-order valence-corrected chi connectivity index (χ0v) is 11.4. The third kappa shape index (κ3) is 2.36. The third-order valence-corrected chi connectivity index (χ3v) is 3.78. The summed E-state index contributed by atoms with van der Waals surface area (Å²) in [7, 11) is 1.71. The number of rotatable bonds is 2. The van der Waals surface area contributed by atoms with Crippen LogP contribution in [-0.2, 0) is 6.42 Å². The van der Waals surface area contributed by atoms with E-state index in [1.807, 2.05) is 6.07 Å². The Morgan fingerprint density at radius 3 is 2.89 bits per heavy atom. The quantitative estimate of drug-likeness (QED) is 0.887. The lowest BCUT2D eigenvalue weighted by Crippen LogP contribution is -2.30. The average Bonchev–Trinajstić information content (AvgIpc) is 2.46. The van der Waals surface area contributed by atoms with Crippen molar-refractivity contribution in [1.82, 2.24) is 5.32 Å². The van der Waals surface area contributed by atoms with Crippen molar-refractivity contribution in [3.8, 4) is 5.75 Å². The molecule has 1 aliphatic rings. The topological polar surface area (TPSA) is 21.3 Å². The van der Waals surface area contributed by atoms with Gasteiger partial charge in [0.05, 0.1) is 13.2 Å². The Morgan fingerprint density at radius 1 is 1.16 bits per heavy atom. The predicted octanol–water partition coefficient (Wildman–Crippen LogP) is 3.24. The second kappa shape index (κ2) is 5.06. The molecule has 2 nitrogen and oxygen atoms in total. The van der Waals surface area contributed by atoms with Crippen LogP contribution in [0.1, 0.15) is 28.3 Å². The summed E-state index contributed by atoms with van der Waals surface area (Å²) in [6.07, 6.45) is 1.11. The number of methoxy groups -OCH3 is 1. The number of hydrogen-bond donors (Lipinski definition) is 1. The molecule has 2 heteroatoms. The SMILES string of the molecule is COc1cccc(C2NCCc3ccc(C)cc32)c1. The van der Waals surface area contributed by atoms with Gasteiger partial charge in [-0.1, -0.05) is 35.9 Å². The molecule has 0 aromatic heterocycles. The fourth-order valence-electron chi connectivity index (χ4n) is 2.79. The Morgan fingerprint density at radius 2 is 2.05 bits per heavy atom. The van der Waals surface area contributed by atoms with E-state index >= 15 is 0 Å². The highest BCUT2D eigenvalue weighted by molar-refractivity contribution is 5.43. The minimum Gasteiger partial charge on any atom is -0.497 e. The Labute approximate surface area is 114 Å². The summed E-state index contributed by atoms with van der Waals surface area (Å²) in [5.41, 5.74) is 5.44. The first kappa shape index (κ1) is 12.2. The molecule has 0 spiro atoms. The number of ether oxygens (including phenoxy) is 1. The maximum absolute atomic E-state index is 5.33. The van der Waals surface area contributed by atoms with Gasteiger partial charge in [0.1, 0.15) is 5.75 Å². The van der Waals surface area contributed by atoms with Gasteiger partial charge in [-0.05, 0) is 42.2 Å². The smallest absolute Gasteiger partial charge is 0.119 e. The maximum Gasteiger partial charge on any atom is 0.119 e. The van der Waals surface area contributed by atoms with E-state index in [4.69, 9.17) is 4.74 Å². The van der Waals surface area contributed by atoms with Gasteiger partial charge < -0.3 is 10.1 Å². The van der Waals surface area contributed by atoms with Gasteiger partial charge in [-0.25, -0.2) is 0 Å². The zero-order chi connectivity index (χ0) is 13.2. The summed E-state index contributed by atoms with van der Waals surface area (Å²) < 4.78 is 5.33. The molecule has 3 rings (SSSR count). The summed E-state index contributed by atoms with van der Waals surface area (Å²) >= 11 is 0. The number of hydrogen-bond acceptors (Lipinski definition) is 2. The Kier molecular flexibility index (Phi) is 3.26. The van der Waals surface area contributed by atoms with E-state index in [0.29, 0.717) is 0 Å². The zero-order valence-electron chi connectivity index (χ0n) is 11.4. The molecule has 0 amide bonds. The second-order valence-corrected chi connectivity index (χ2v) is 5.12. The second-order valence-electron chi connectivity index (χ2n) is 5.12. The van der Waals surface area contributed by atoms with Gasteiger partial charge in [0, 0.05) is 6.54 Å². The monoisotopic (exact) mass is 253 g/mol. The highest BCUT2D eigenvalue weighted by atomic mass is 16.5. The van der Waals surface area contributed by atoms with Crippen LogP contribution in [-0.4, -0.2) is 13.7 Å². The van der Waals surface area contributed by atoms with E-state index in [1.54, 1.807) is 7.11 Å². The summed E-state index contributed by atoms with van der Waals surface area (Å²) in [6.45, 7) is 3.18. The predicted molar refractivity (Wildman–Crippen MR) is 77.7 cm³/mol. The summed E-state index contributed by atoms with van der Waals surface area (Å²) in [6, 6.07) is 15.4. The lowest BCUT2D eigenvalue weighted by Gasteiger charge is -2.28. The molecule has 2 aromatic rings. The summed E-state index contributed by atoms with van der Waals surface area (Å²) in [4.78, 5) is 0. The Bertz CT molecular complexity index is 592. The Balaban J connectivity index is 2.05. The number of aryl methyl sites for hydroxylation is 1. The van der Waals surface area contributed by atoms with Crippen LogP contribution in [0.3, 0.4) is 0 Å². The van der Waals surface area contributed by atoms with Crippen molar-refractivity contribution >= 4 is 0 Å². The van der Waals surface area contributed by atoms with Crippen molar-refractivity contribution in [3.05, 3.63) is 64.7 Å². The van der Waals surface area contributed by atoms with E-state index in [1.165, 1.54) is 22.3 Å². The van der Waals surface area contributed by atoms with Crippen molar-refractivity contribution in [2.45, 2.75) is 19.4 Å². The highest BCUT2D eigenvalue weighted by Gasteiger charge is 2.21. The molecule has 1 N–H and O–H groups in total. The van der Waals surface area contributed by atoms with Crippen LogP contribution < -0.4 is 10.1 Å². The first-order valence-electron chi connectivity index (χ1n) is 6.74. The van der Waals surface area contributed by atoms with E-state index in [0.717, 1.165) is 18.7 Å². The van der Waals surface area contributed by atoms with Crippen molar-refractivity contribution in [1.29, 1.82) is 0 Å². The molecule has 0 saturated heterocycles. The van der Waals surface area contributed by atoms with E-state index in [-0.39, 0.29) is 6.04 Å². The minimum atomic E-state index is 0.277. The van der Waals surface area contributed by atoms with Gasteiger partial charge in [-0.2, -0.15) is 0 Å². The maximum atomic E-state index is 5.33. The molecule has 0 aliphatic carbocycles. The van der Waals surface area contributed by atoms with Gasteiger partial charge in [0.2, 0.25) is 0 Å². The van der Waals surface area contributed by atoms with Crippen LogP contribution in [0.15, 0.2) is 42.5 Å². The molecule has 98 valence electrons. The molecule has 1 atom stereocenters. The fourth-order valence-corrected chi connectivity index (χ4v) is 2.79.